The predicted octanol–water partition coefficient (Wildman–Crippen LogP) is 2.44. The molecule has 0 spiro atoms. The van der Waals surface area contributed by atoms with Crippen LogP contribution in [0.5, 0.6) is 5.88 Å². The topological polar surface area (TPSA) is 34.1 Å². The highest BCUT2D eigenvalue weighted by Gasteiger charge is 2.09. The number of nitrogens with zero attached hydrogens (tertiary/aromatic N) is 1. The van der Waals surface area contributed by atoms with Crippen LogP contribution in [-0.2, 0) is 6.54 Å². The van der Waals surface area contributed by atoms with Crippen molar-refractivity contribution in [2.75, 3.05) is 13.7 Å². The van der Waals surface area contributed by atoms with E-state index in [4.69, 9.17) is 16.3 Å². The molecular formula is C12H19ClN2O. The molecule has 0 amide bonds. The van der Waals surface area contributed by atoms with Gasteiger partial charge in [0.15, 0.2) is 0 Å². The van der Waals surface area contributed by atoms with Gasteiger partial charge in [-0.25, -0.2) is 4.98 Å². The fourth-order valence-corrected chi connectivity index (χ4v) is 1.43. The summed E-state index contributed by atoms with van der Waals surface area (Å²) in [5, 5.41) is 3.46. The molecule has 1 N–H and O–H groups in total. The number of pyridine rings is 1. The monoisotopic (exact) mass is 242 g/mol. The molecule has 1 unspecified atom stereocenters. The lowest BCUT2D eigenvalue weighted by Crippen LogP contribution is -2.26. The van der Waals surface area contributed by atoms with Crippen LogP contribution in [0.1, 0.15) is 19.4 Å². The molecule has 0 aromatic carbocycles. The number of methoxy groups -OCH3 is 1. The van der Waals surface area contributed by atoms with Crippen LogP contribution in [0.3, 0.4) is 0 Å². The van der Waals surface area contributed by atoms with E-state index in [1.165, 1.54) is 0 Å². The molecule has 16 heavy (non-hydrogen) atoms. The summed E-state index contributed by atoms with van der Waals surface area (Å²) in [6.45, 7) is 5.75. The summed E-state index contributed by atoms with van der Waals surface area (Å²) in [6.07, 6.45) is 1.72. The Bertz CT molecular complexity index is 318. The first kappa shape index (κ1) is 13.3. The summed E-state index contributed by atoms with van der Waals surface area (Å²) in [6, 6.07) is 3.90. The van der Waals surface area contributed by atoms with Crippen LogP contribution in [-0.4, -0.2) is 24.0 Å². The van der Waals surface area contributed by atoms with Crippen molar-refractivity contribution in [2.24, 2.45) is 5.92 Å². The molecule has 1 aromatic heterocycles. The van der Waals surface area contributed by atoms with E-state index in [1.807, 2.05) is 12.1 Å². The Labute approximate surface area is 102 Å². The van der Waals surface area contributed by atoms with Gasteiger partial charge in [-0.3, -0.25) is 0 Å². The van der Waals surface area contributed by atoms with Gasteiger partial charge in [0.1, 0.15) is 0 Å². The SMILES string of the molecule is COc1ncccc1CNCC(Cl)C(C)C. The van der Waals surface area contributed by atoms with E-state index in [1.54, 1.807) is 13.3 Å². The number of ether oxygens (including phenoxy) is 1. The minimum Gasteiger partial charge on any atom is -0.481 e. The molecule has 0 saturated heterocycles. The van der Waals surface area contributed by atoms with Gasteiger partial charge in [-0.05, 0) is 12.0 Å². The number of halogens is 1. The summed E-state index contributed by atoms with van der Waals surface area (Å²) in [5.74, 6) is 1.15. The van der Waals surface area contributed by atoms with Crippen LogP contribution < -0.4 is 10.1 Å². The summed E-state index contributed by atoms with van der Waals surface area (Å²) >= 11 is 6.15. The molecule has 1 heterocycles. The molecule has 1 rings (SSSR count). The Morgan fingerprint density at radius 2 is 2.25 bits per heavy atom. The minimum absolute atomic E-state index is 0.155. The number of hydrogen-bond donors (Lipinski definition) is 1. The van der Waals surface area contributed by atoms with Gasteiger partial charge in [-0.15, -0.1) is 11.6 Å². The van der Waals surface area contributed by atoms with Gasteiger partial charge in [0.25, 0.3) is 0 Å². The zero-order valence-electron chi connectivity index (χ0n) is 10.0. The van der Waals surface area contributed by atoms with E-state index in [-0.39, 0.29) is 5.38 Å². The van der Waals surface area contributed by atoms with Crippen molar-refractivity contribution >= 4 is 11.6 Å². The third kappa shape index (κ3) is 3.99. The van der Waals surface area contributed by atoms with E-state index in [2.05, 4.69) is 24.1 Å². The third-order valence-electron chi connectivity index (χ3n) is 2.42. The molecule has 0 fully saturated rings. The second kappa shape index (κ2) is 6.71. The van der Waals surface area contributed by atoms with Crippen LogP contribution in [0.2, 0.25) is 0 Å². The van der Waals surface area contributed by atoms with Crippen molar-refractivity contribution in [1.29, 1.82) is 0 Å². The molecule has 3 nitrogen and oxygen atoms in total. The summed E-state index contributed by atoms with van der Waals surface area (Å²) in [5.41, 5.74) is 1.05. The average molecular weight is 243 g/mol. The van der Waals surface area contributed by atoms with Crippen LogP contribution in [0.15, 0.2) is 18.3 Å². The van der Waals surface area contributed by atoms with E-state index in [0.717, 1.165) is 18.7 Å². The number of rotatable bonds is 6. The third-order valence-corrected chi connectivity index (χ3v) is 3.08. The molecule has 0 radical (unpaired) electrons. The summed E-state index contributed by atoms with van der Waals surface area (Å²) < 4.78 is 5.17. The zero-order valence-corrected chi connectivity index (χ0v) is 10.8. The Morgan fingerprint density at radius 3 is 2.88 bits per heavy atom. The molecular weight excluding hydrogens is 224 g/mol. The van der Waals surface area contributed by atoms with Crippen molar-refractivity contribution in [2.45, 2.75) is 25.8 Å². The maximum atomic E-state index is 6.15. The van der Waals surface area contributed by atoms with Crippen molar-refractivity contribution in [1.82, 2.24) is 10.3 Å². The van der Waals surface area contributed by atoms with Gasteiger partial charge in [0.2, 0.25) is 5.88 Å². The largest absolute Gasteiger partial charge is 0.481 e. The normalized spacial score (nSPS) is 12.8. The lowest BCUT2D eigenvalue weighted by Gasteiger charge is -2.14. The zero-order chi connectivity index (χ0) is 12.0. The van der Waals surface area contributed by atoms with Crippen molar-refractivity contribution in [3.05, 3.63) is 23.9 Å². The number of alkyl halides is 1. The molecule has 0 aliphatic heterocycles. The first-order valence-corrected chi connectivity index (χ1v) is 5.91. The fraction of sp³-hybridized carbons (Fsp3) is 0.583. The van der Waals surface area contributed by atoms with Crippen LogP contribution in [0.4, 0.5) is 0 Å². The van der Waals surface area contributed by atoms with Gasteiger partial charge in [-0.2, -0.15) is 0 Å². The second-order valence-electron chi connectivity index (χ2n) is 4.06. The van der Waals surface area contributed by atoms with E-state index >= 15 is 0 Å². The fourth-order valence-electron chi connectivity index (χ4n) is 1.32. The lowest BCUT2D eigenvalue weighted by atomic mass is 10.1. The highest BCUT2D eigenvalue weighted by atomic mass is 35.5. The lowest BCUT2D eigenvalue weighted by molar-refractivity contribution is 0.390. The van der Waals surface area contributed by atoms with E-state index < -0.39 is 0 Å². The molecule has 0 aliphatic rings. The van der Waals surface area contributed by atoms with Gasteiger partial charge in [0.05, 0.1) is 7.11 Å². The Balaban J connectivity index is 2.42. The quantitative estimate of drug-likeness (QED) is 0.779. The van der Waals surface area contributed by atoms with Gasteiger partial charge in [0, 0.05) is 30.2 Å². The van der Waals surface area contributed by atoms with Gasteiger partial charge in [-0.1, -0.05) is 19.9 Å². The molecule has 0 aliphatic carbocycles. The minimum atomic E-state index is 0.155. The molecule has 90 valence electrons. The Morgan fingerprint density at radius 1 is 1.50 bits per heavy atom. The first-order chi connectivity index (χ1) is 7.65. The van der Waals surface area contributed by atoms with Crippen LogP contribution >= 0.6 is 11.6 Å². The average Bonchev–Trinajstić information content (AvgIpc) is 2.29. The number of hydrogen-bond acceptors (Lipinski definition) is 3. The summed E-state index contributed by atoms with van der Waals surface area (Å²) in [7, 11) is 1.63. The van der Waals surface area contributed by atoms with Crippen LogP contribution in [0.25, 0.3) is 0 Å². The van der Waals surface area contributed by atoms with E-state index in [0.29, 0.717) is 11.8 Å². The highest BCUT2D eigenvalue weighted by molar-refractivity contribution is 6.20. The number of aromatic nitrogens is 1. The molecule has 0 bridgehead atoms. The second-order valence-corrected chi connectivity index (χ2v) is 4.62. The van der Waals surface area contributed by atoms with E-state index in [9.17, 15) is 0 Å². The Hall–Kier alpha value is -0.800. The maximum Gasteiger partial charge on any atom is 0.217 e. The maximum absolute atomic E-state index is 6.15. The molecule has 1 aromatic rings. The number of nitrogens with one attached hydrogen (secondary N) is 1. The van der Waals surface area contributed by atoms with Gasteiger partial charge >= 0.3 is 0 Å². The highest BCUT2D eigenvalue weighted by Crippen LogP contribution is 2.13. The predicted molar refractivity (Wildman–Crippen MR) is 67.0 cm³/mol. The molecule has 0 saturated carbocycles. The standard InChI is InChI=1S/C12H19ClN2O/c1-9(2)11(13)8-14-7-10-5-4-6-15-12(10)16-3/h4-6,9,11,14H,7-8H2,1-3H3. The van der Waals surface area contributed by atoms with Gasteiger partial charge < -0.3 is 10.1 Å². The molecule has 1 atom stereocenters. The van der Waals surface area contributed by atoms with Crippen molar-refractivity contribution in [3.8, 4) is 5.88 Å². The Kier molecular flexibility index (Phi) is 5.56. The summed E-state index contributed by atoms with van der Waals surface area (Å²) in [4.78, 5) is 4.13. The van der Waals surface area contributed by atoms with Crippen molar-refractivity contribution < 1.29 is 4.74 Å². The van der Waals surface area contributed by atoms with Crippen LogP contribution in [0, 0.1) is 5.92 Å². The smallest absolute Gasteiger partial charge is 0.217 e. The van der Waals surface area contributed by atoms with Crippen molar-refractivity contribution in [3.63, 3.8) is 0 Å². The first-order valence-electron chi connectivity index (χ1n) is 5.47. The molecule has 4 heteroatoms.